The summed E-state index contributed by atoms with van der Waals surface area (Å²) in [4.78, 5) is 14.5. The van der Waals surface area contributed by atoms with Crippen molar-refractivity contribution in [3.8, 4) is 0 Å². The van der Waals surface area contributed by atoms with Gasteiger partial charge in [-0.25, -0.2) is 8.42 Å². The first-order valence-corrected chi connectivity index (χ1v) is 11.7. The number of carbonyl (C=O) groups is 1. The van der Waals surface area contributed by atoms with E-state index in [9.17, 15) is 13.2 Å². The van der Waals surface area contributed by atoms with Crippen LogP contribution in [0.25, 0.3) is 0 Å². The number of rotatable bonds is 8. The van der Waals surface area contributed by atoms with Gasteiger partial charge >= 0.3 is 0 Å². The Morgan fingerprint density at radius 2 is 2.21 bits per heavy atom. The van der Waals surface area contributed by atoms with Crippen LogP contribution in [0.2, 0.25) is 0 Å². The average Bonchev–Trinajstić information content (AvgIpc) is 3.12. The summed E-state index contributed by atoms with van der Waals surface area (Å²) in [5.74, 6) is 0.475. The first-order valence-electron chi connectivity index (χ1n) is 8.08. The van der Waals surface area contributed by atoms with Gasteiger partial charge in [-0.05, 0) is 26.7 Å². The number of amides is 1. The van der Waals surface area contributed by atoms with Gasteiger partial charge in [-0.15, -0.1) is 10.2 Å². The minimum absolute atomic E-state index is 0.0307. The fraction of sp³-hybridized carbons (Fsp3) is 0.786. The zero-order valence-corrected chi connectivity index (χ0v) is 16.6. The first-order chi connectivity index (χ1) is 11.4. The van der Waals surface area contributed by atoms with Gasteiger partial charge in [0.2, 0.25) is 11.0 Å². The Morgan fingerprint density at radius 3 is 2.79 bits per heavy atom. The van der Waals surface area contributed by atoms with Crippen molar-refractivity contribution in [2.45, 2.75) is 50.0 Å². The third-order valence-corrected chi connectivity index (χ3v) is 7.76. The molecule has 0 aliphatic carbocycles. The molecule has 136 valence electrons. The number of carbonyl (C=O) groups excluding carboxylic acids is 1. The van der Waals surface area contributed by atoms with E-state index in [1.807, 2.05) is 20.8 Å². The highest BCUT2D eigenvalue weighted by molar-refractivity contribution is 8.01. The van der Waals surface area contributed by atoms with Gasteiger partial charge in [0, 0.05) is 18.6 Å². The smallest absolute Gasteiger partial charge is 0.233 e. The number of hydrogen-bond acceptors (Lipinski definition) is 8. The Kier molecular flexibility index (Phi) is 6.88. The Balaban J connectivity index is 1.99. The second kappa shape index (κ2) is 8.48. The molecule has 1 amide bonds. The molecule has 2 atom stereocenters. The molecule has 1 aliphatic rings. The van der Waals surface area contributed by atoms with Crippen LogP contribution in [0.4, 0.5) is 5.13 Å². The minimum atomic E-state index is -3.02. The van der Waals surface area contributed by atoms with E-state index in [4.69, 9.17) is 0 Å². The van der Waals surface area contributed by atoms with Crippen molar-refractivity contribution in [3.63, 3.8) is 0 Å². The van der Waals surface area contributed by atoms with Crippen molar-refractivity contribution in [3.05, 3.63) is 0 Å². The van der Waals surface area contributed by atoms with Crippen molar-refractivity contribution in [2.24, 2.45) is 0 Å². The molecule has 24 heavy (non-hydrogen) atoms. The second-order valence-electron chi connectivity index (χ2n) is 5.81. The summed E-state index contributed by atoms with van der Waals surface area (Å²) in [6.07, 6.45) is 1.34. The molecule has 1 aromatic heterocycles. The van der Waals surface area contributed by atoms with Crippen molar-refractivity contribution in [1.29, 1.82) is 0 Å². The Morgan fingerprint density at radius 1 is 1.46 bits per heavy atom. The second-order valence-corrected chi connectivity index (χ2v) is 10.2. The lowest BCUT2D eigenvalue weighted by molar-refractivity contribution is -0.132. The molecule has 7 nitrogen and oxygen atoms in total. The molecule has 1 aromatic rings. The minimum Gasteiger partial charge on any atom is -0.360 e. The highest BCUT2D eigenvalue weighted by atomic mass is 32.2. The molecule has 0 bridgehead atoms. The standard InChI is InChI=1S/C14H24N4O3S3/c1-4-10(3)18(11-6-7-24(20,21)9-11)12(19)8-22-14-17-16-13(23-14)15-5-2/h10-11H,4-9H2,1-3H3,(H,15,16)/t10-,11-/m1/s1. The molecule has 0 spiro atoms. The van der Waals surface area contributed by atoms with Crippen LogP contribution in [0.15, 0.2) is 4.34 Å². The van der Waals surface area contributed by atoms with E-state index < -0.39 is 9.84 Å². The molecule has 0 unspecified atom stereocenters. The van der Waals surface area contributed by atoms with Crippen molar-refractivity contribution >= 4 is 44.0 Å². The van der Waals surface area contributed by atoms with Crippen molar-refractivity contribution < 1.29 is 13.2 Å². The maximum Gasteiger partial charge on any atom is 0.233 e. The summed E-state index contributed by atoms with van der Waals surface area (Å²) in [5.41, 5.74) is 0. The van der Waals surface area contributed by atoms with Gasteiger partial charge < -0.3 is 10.2 Å². The summed E-state index contributed by atoms with van der Waals surface area (Å²) in [6, 6.07) is -0.173. The summed E-state index contributed by atoms with van der Waals surface area (Å²) >= 11 is 2.77. The fourth-order valence-corrected chi connectivity index (χ4v) is 6.09. The van der Waals surface area contributed by atoms with Crippen LogP contribution in [0, 0.1) is 0 Å². The molecule has 0 aromatic carbocycles. The van der Waals surface area contributed by atoms with Crippen molar-refractivity contribution in [1.82, 2.24) is 15.1 Å². The quantitative estimate of drug-likeness (QED) is 0.675. The SMILES string of the molecule is CCNc1nnc(SCC(=O)N([C@@H]2CCS(=O)(=O)C2)[C@H](C)CC)s1. The van der Waals surface area contributed by atoms with Crippen LogP contribution in [0.3, 0.4) is 0 Å². The maximum atomic E-state index is 12.7. The summed E-state index contributed by atoms with van der Waals surface area (Å²) in [6.45, 7) is 6.74. The normalized spacial score (nSPS) is 20.7. The zero-order chi connectivity index (χ0) is 17.7. The number of sulfone groups is 1. The highest BCUT2D eigenvalue weighted by Gasteiger charge is 2.36. The van der Waals surface area contributed by atoms with Crippen LogP contribution >= 0.6 is 23.1 Å². The molecule has 2 heterocycles. The van der Waals surface area contributed by atoms with Gasteiger partial charge in [0.15, 0.2) is 14.2 Å². The lowest BCUT2D eigenvalue weighted by Gasteiger charge is -2.33. The Hall–Kier alpha value is -0.870. The number of anilines is 1. The maximum absolute atomic E-state index is 12.7. The van der Waals surface area contributed by atoms with E-state index in [2.05, 4.69) is 15.5 Å². The third kappa shape index (κ3) is 5.06. The van der Waals surface area contributed by atoms with E-state index >= 15 is 0 Å². The summed E-state index contributed by atoms with van der Waals surface area (Å²) in [5, 5.41) is 11.9. The van der Waals surface area contributed by atoms with E-state index in [0.29, 0.717) is 6.42 Å². The first kappa shape index (κ1) is 19.5. The molecule has 10 heteroatoms. The molecule has 1 aliphatic heterocycles. The van der Waals surface area contributed by atoms with Gasteiger partial charge in [-0.1, -0.05) is 30.0 Å². The van der Waals surface area contributed by atoms with Gasteiger partial charge in [0.1, 0.15) is 0 Å². The van der Waals surface area contributed by atoms with E-state index in [1.54, 1.807) is 4.90 Å². The van der Waals surface area contributed by atoms with Crippen LogP contribution in [-0.4, -0.2) is 65.3 Å². The predicted octanol–water partition coefficient (Wildman–Crippen LogP) is 1.88. The number of nitrogens with zero attached hydrogens (tertiary/aromatic N) is 3. The lowest BCUT2D eigenvalue weighted by Crippen LogP contribution is -2.47. The molecular formula is C14H24N4O3S3. The number of hydrogen-bond donors (Lipinski definition) is 1. The van der Waals surface area contributed by atoms with E-state index in [1.165, 1.54) is 23.1 Å². The van der Waals surface area contributed by atoms with Crippen LogP contribution in [-0.2, 0) is 14.6 Å². The topological polar surface area (TPSA) is 92.3 Å². The Labute approximate surface area is 151 Å². The van der Waals surface area contributed by atoms with Crippen LogP contribution in [0.5, 0.6) is 0 Å². The average molecular weight is 393 g/mol. The monoisotopic (exact) mass is 392 g/mol. The molecule has 1 fully saturated rings. The Bertz CT molecular complexity index is 662. The molecular weight excluding hydrogens is 368 g/mol. The van der Waals surface area contributed by atoms with Crippen molar-refractivity contribution in [2.75, 3.05) is 29.1 Å². The largest absolute Gasteiger partial charge is 0.360 e. The number of nitrogens with one attached hydrogen (secondary N) is 1. The molecule has 1 N–H and O–H groups in total. The highest BCUT2D eigenvalue weighted by Crippen LogP contribution is 2.27. The van der Waals surface area contributed by atoms with Gasteiger partial charge in [-0.2, -0.15) is 0 Å². The number of aromatic nitrogens is 2. The molecule has 0 saturated carbocycles. The third-order valence-electron chi connectivity index (χ3n) is 4.01. The number of thioether (sulfide) groups is 1. The summed E-state index contributed by atoms with van der Waals surface area (Å²) < 4.78 is 24.3. The van der Waals surface area contributed by atoms with Gasteiger partial charge in [0.25, 0.3) is 0 Å². The fourth-order valence-electron chi connectivity index (χ4n) is 2.69. The predicted molar refractivity (Wildman–Crippen MR) is 98.5 cm³/mol. The summed E-state index contributed by atoms with van der Waals surface area (Å²) in [7, 11) is -3.02. The van der Waals surface area contributed by atoms with Gasteiger partial charge in [0.05, 0.1) is 17.3 Å². The molecule has 2 rings (SSSR count). The van der Waals surface area contributed by atoms with Crippen LogP contribution < -0.4 is 5.32 Å². The van der Waals surface area contributed by atoms with Crippen LogP contribution in [0.1, 0.15) is 33.6 Å². The lowest BCUT2D eigenvalue weighted by atomic mass is 10.1. The van der Waals surface area contributed by atoms with E-state index in [-0.39, 0.29) is 35.2 Å². The van der Waals surface area contributed by atoms with Gasteiger partial charge in [-0.3, -0.25) is 4.79 Å². The molecule has 1 saturated heterocycles. The van der Waals surface area contributed by atoms with E-state index in [0.717, 1.165) is 22.4 Å². The zero-order valence-electron chi connectivity index (χ0n) is 14.2. The molecule has 0 radical (unpaired) electrons.